The molecule has 0 fully saturated rings. The summed E-state index contributed by atoms with van der Waals surface area (Å²) in [5, 5.41) is 9.41. The summed E-state index contributed by atoms with van der Waals surface area (Å²) in [6.07, 6.45) is 0. The average Bonchev–Trinajstić information content (AvgIpc) is 2.55. The highest BCUT2D eigenvalue weighted by Gasteiger charge is 1.93. The van der Waals surface area contributed by atoms with E-state index in [0.717, 1.165) is 11.0 Å². The Balaban J connectivity index is 0.000000200. The number of halogens is 1. The monoisotopic (exact) mass is 340 g/mol. The normalized spacial score (nSPS) is 9.40. The van der Waals surface area contributed by atoms with Crippen LogP contribution in [-0.4, -0.2) is 29.3 Å². The lowest BCUT2D eigenvalue weighted by Crippen LogP contribution is -1.91. The molecule has 0 saturated carbocycles. The van der Waals surface area contributed by atoms with Gasteiger partial charge in [0.05, 0.1) is 32.2 Å². The minimum Gasteiger partial charge on any atom is -0.481 e. The number of aliphatic hydroxyl groups is 1. The Morgan fingerprint density at radius 1 is 0.950 bits per heavy atom. The van der Waals surface area contributed by atoms with Gasteiger partial charge >= 0.3 is 0 Å². The molecule has 0 bridgehead atoms. The van der Waals surface area contributed by atoms with Crippen LogP contribution in [0.3, 0.4) is 0 Å². The van der Waals surface area contributed by atoms with E-state index in [1.807, 2.05) is 18.2 Å². The van der Waals surface area contributed by atoms with Crippen molar-refractivity contribution in [2.24, 2.45) is 0 Å². The molecular formula is C14H17BrN2O3. The number of aliphatic hydroxyl groups excluding tert-OH is 1. The molecule has 0 aliphatic carbocycles. The molecule has 20 heavy (non-hydrogen) atoms. The van der Waals surface area contributed by atoms with Gasteiger partial charge in [0, 0.05) is 17.5 Å². The molecule has 6 heteroatoms. The van der Waals surface area contributed by atoms with Gasteiger partial charge in [0.15, 0.2) is 0 Å². The standard InChI is InChI=1S/C7H8BrNO.C7H9NO2/c1-10-7-4-2-3-6(5-8)9-7;1-10-7-4-2-3-6(5-9)8-7/h2-4H,5H2,1H3;2-4,9H,5H2,1H3. The van der Waals surface area contributed by atoms with E-state index in [1.54, 1.807) is 32.4 Å². The molecule has 0 atom stereocenters. The highest BCUT2D eigenvalue weighted by Crippen LogP contribution is 2.08. The van der Waals surface area contributed by atoms with E-state index in [1.165, 1.54) is 0 Å². The number of alkyl halides is 1. The van der Waals surface area contributed by atoms with Crippen LogP contribution < -0.4 is 9.47 Å². The van der Waals surface area contributed by atoms with Crippen LogP contribution in [0.1, 0.15) is 11.4 Å². The molecule has 0 aromatic carbocycles. The summed E-state index contributed by atoms with van der Waals surface area (Å²) in [5.74, 6) is 1.20. The van der Waals surface area contributed by atoms with Gasteiger partial charge in [-0.3, -0.25) is 0 Å². The minimum atomic E-state index is -0.0444. The van der Waals surface area contributed by atoms with E-state index in [-0.39, 0.29) is 6.61 Å². The predicted octanol–water partition coefficient (Wildman–Crippen LogP) is 2.57. The topological polar surface area (TPSA) is 64.5 Å². The van der Waals surface area contributed by atoms with Gasteiger partial charge in [-0.15, -0.1) is 0 Å². The molecule has 0 unspecified atom stereocenters. The predicted molar refractivity (Wildman–Crippen MR) is 80.1 cm³/mol. The van der Waals surface area contributed by atoms with Gasteiger partial charge in [-0.25, -0.2) is 9.97 Å². The number of pyridine rings is 2. The molecule has 0 saturated heterocycles. The maximum Gasteiger partial charge on any atom is 0.213 e. The summed E-state index contributed by atoms with van der Waals surface area (Å²) in [5.41, 5.74) is 1.61. The number of aromatic nitrogens is 2. The zero-order valence-corrected chi connectivity index (χ0v) is 13.0. The number of hydrogen-bond acceptors (Lipinski definition) is 5. The van der Waals surface area contributed by atoms with Gasteiger partial charge in [0.1, 0.15) is 0 Å². The second kappa shape index (κ2) is 9.28. The van der Waals surface area contributed by atoms with Crippen LogP contribution in [0, 0.1) is 0 Å². The second-order valence-electron chi connectivity index (χ2n) is 3.63. The summed E-state index contributed by atoms with van der Waals surface area (Å²) >= 11 is 3.30. The highest BCUT2D eigenvalue weighted by molar-refractivity contribution is 9.08. The van der Waals surface area contributed by atoms with Crippen molar-refractivity contribution in [3.63, 3.8) is 0 Å². The van der Waals surface area contributed by atoms with E-state index >= 15 is 0 Å². The third-order valence-electron chi connectivity index (χ3n) is 2.28. The molecule has 5 nitrogen and oxygen atoms in total. The fourth-order valence-corrected chi connectivity index (χ4v) is 1.62. The molecule has 2 heterocycles. The van der Waals surface area contributed by atoms with Gasteiger partial charge in [0.25, 0.3) is 0 Å². The lowest BCUT2D eigenvalue weighted by atomic mass is 10.4. The van der Waals surface area contributed by atoms with E-state index in [4.69, 9.17) is 14.6 Å². The molecule has 2 rings (SSSR count). The number of hydrogen-bond donors (Lipinski definition) is 1. The summed E-state index contributed by atoms with van der Waals surface area (Å²) in [6.45, 7) is -0.0444. The molecule has 0 amide bonds. The van der Waals surface area contributed by atoms with Crippen LogP contribution >= 0.6 is 15.9 Å². The molecule has 1 N–H and O–H groups in total. The van der Waals surface area contributed by atoms with Crippen LogP contribution in [-0.2, 0) is 11.9 Å². The van der Waals surface area contributed by atoms with Gasteiger partial charge in [-0.2, -0.15) is 0 Å². The fraction of sp³-hybridized carbons (Fsp3) is 0.286. The third-order valence-corrected chi connectivity index (χ3v) is 2.85. The van der Waals surface area contributed by atoms with Crippen molar-refractivity contribution < 1.29 is 14.6 Å². The van der Waals surface area contributed by atoms with E-state index in [9.17, 15) is 0 Å². The Hall–Kier alpha value is -1.66. The van der Waals surface area contributed by atoms with Crippen molar-refractivity contribution >= 4 is 15.9 Å². The van der Waals surface area contributed by atoms with Crippen LogP contribution in [0.5, 0.6) is 11.8 Å². The Morgan fingerprint density at radius 3 is 1.90 bits per heavy atom. The second-order valence-corrected chi connectivity index (χ2v) is 4.20. The number of nitrogens with zero attached hydrogens (tertiary/aromatic N) is 2. The van der Waals surface area contributed by atoms with Crippen LogP contribution in [0.2, 0.25) is 0 Å². The average molecular weight is 341 g/mol. The Morgan fingerprint density at radius 2 is 1.45 bits per heavy atom. The van der Waals surface area contributed by atoms with Crippen LogP contribution in [0.15, 0.2) is 36.4 Å². The largest absolute Gasteiger partial charge is 0.481 e. The highest BCUT2D eigenvalue weighted by atomic mass is 79.9. The van der Waals surface area contributed by atoms with Crippen LogP contribution in [0.4, 0.5) is 0 Å². The summed E-state index contributed by atoms with van der Waals surface area (Å²) in [4.78, 5) is 8.08. The molecule has 108 valence electrons. The molecule has 0 aliphatic heterocycles. The summed E-state index contributed by atoms with van der Waals surface area (Å²) < 4.78 is 9.76. The Labute approximate surface area is 126 Å². The maximum atomic E-state index is 8.64. The molecule has 0 aliphatic rings. The number of rotatable bonds is 4. The van der Waals surface area contributed by atoms with E-state index in [0.29, 0.717) is 17.5 Å². The van der Waals surface area contributed by atoms with Crippen molar-refractivity contribution in [3.05, 3.63) is 47.8 Å². The molecule has 2 aromatic rings. The van der Waals surface area contributed by atoms with Gasteiger partial charge in [-0.05, 0) is 12.1 Å². The molecular weight excluding hydrogens is 324 g/mol. The zero-order chi connectivity index (χ0) is 14.8. The zero-order valence-electron chi connectivity index (χ0n) is 11.4. The maximum absolute atomic E-state index is 8.64. The summed E-state index contributed by atoms with van der Waals surface area (Å²) in [6, 6.07) is 10.9. The summed E-state index contributed by atoms with van der Waals surface area (Å²) in [7, 11) is 3.16. The van der Waals surface area contributed by atoms with E-state index in [2.05, 4.69) is 25.9 Å². The number of ether oxygens (including phenoxy) is 2. The first-order valence-corrected chi connectivity index (χ1v) is 7.02. The van der Waals surface area contributed by atoms with Gasteiger partial charge in [0.2, 0.25) is 11.8 Å². The van der Waals surface area contributed by atoms with Crippen molar-refractivity contribution in [2.75, 3.05) is 14.2 Å². The quantitative estimate of drug-likeness (QED) is 0.866. The SMILES string of the molecule is COc1cccc(CBr)n1.COc1cccc(CO)n1. The Bertz CT molecular complexity index is 437. The first-order valence-electron chi connectivity index (χ1n) is 5.90. The molecule has 0 spiro atoms. The van der Waals surface area contributed by atoms with Crippen molar-refractivity contribution in [1.82, 2.24) is 9.97 Å². The van der Waals surface area contributed by atoms with Gasteiger partial charge < -0.3 is 14.6 Å². The molecule has 0 radical (unpaired) electrons. The lowest BCUT2D eigenvalue weighted by molar-refractivity contribution is 0.274. The van der Waals surface area contributed by atoms with E-state index < -0.39 is 0 Å². The molecule has 2 aromatic heterocycles. The first kappa shape index (κ1) is 16.4. The fourth-order valence-electron chi connectivity index (χ4n) is 1.31. The van der Waals surface area contributed by atoms with Gasteiger partial charge in [-0.1, -0.05) is 28.1 Å². The van der Waals surface area contributed by atoms with Crippen molar-refractivity contribution in [2.45, 2.75) is 11.9 Å². The smallest absolute Gasteiger partial charge is 0.213 e. The van der Waals surface area contributed by atoms with Crippen molar-refractivity contribution in [1.29, 1.82) is 0 Å². The third kappa shape index (κ3) is 5.54. The minimum absolute atomic E-state index is 0.0444. The lowest BCUT2D eigenvalue weighted by Gasteiger charge is -1.98. The van der Waals surface area contributed by atoms with Crippen molar-refractivity contribution in [3.8, 4) is 11.8 Å². The number of methoxy groups -OCH3 is 2. The first-order chi connectivity index (χ1) is 9.73. The van der Waals surface area contributed by atoms with Crippen LogP contribution in [0.25, 0.3) is 0 Å². The Kier molecular flexibility index (Phi) is 7.60.